The molecule has 0 heterocycles. The smallest absolute Gasteiger partial charge is 0.241 e. The fraction of sp³-hybridized carbons (Fsp3) is 0.235. The van der Waals surface area contributed by atoms with E-state index in [9.17, 15) is 17.6 Å². The minimum atomic E-state index is -3.92. The van der Waals surface area contributed by atoms with Crippen LogP contribution in [0.2, 0.25) is 0 Å². The summed E-state index contributed by atoms with van der Waals surface area (Å²) in [6.45, 7) is 1.63. The van der Waals surface area contributed by atoms with Crippen molar-refractivity contribution in [3.8, 4) is 5.75 Å². The molecule has 6 nitrogen and oxygen atoms in total. The van der Waals surface area contributed by atoms with Crippen LogP contribution in [0.25, 0.3) is 0 Å². The number of halogens is 1. The number of sulfonamides is 1. The summed E-state index contributed by atoms with van der Waals surface area (Å²) in [5, 5.41) is 2.65. The minimum absolute atomic E-state index is 0.113. The van der Waals surface area contributed by atoms with Crippen molar-refractivity contribution >= 4 is 15.9 Å². The van der Waals surface area contributed by atoms with Crippen LogP contribution in [-0.2, 0) is 21.4 Å². The number of carbonyl (C=O) groups is 1. The maximum atomic E-state index is 12.9. The second kappa shape index (κ2) is 8.09. The molecular formula is C17H19FN2O4S. The standard InChI is InChI=1S/C17H19FN2O4S/c1-12(20-25(22,23)15-9-7-14(18)8-10-15)17(21)19-11-13-5-3-4-6-16(13)24-2/h3-10,12,20H,11H2,1-2H3,(H,19,21)/t12-/m0/s1. The maximum absolute atomic E-state index is 12.9. The summed E-state index contributed by atoms with van der Waals surface area (Å²) in [6.07, 6.45) is 0. The molecule has 134 valence electrons. The van der Waals surface area contributed by atoms with Gasteiger partial charge in [-0.05, 0) is 37.3 Å². The van der Waals surface area contributed by atoms with Gasteiger partial charge in [-0.3, -0.25) is 4.79 Å². The molecule has 1 amide bonds. The Kier molecular flexibility index (Phi) is 6.11. The number of para-hydroxylation sites is 1. The van der Waals surface area contributed by atoms with Crippen LogP contribution >= 0.6 is 0 Å². The van der Waals surface area contributed by atoms with Crippen LogP contribution in [0.3, 0.4) is 0 Å². The van der Waals surface area contributed by atoms with E-state index in [-0.39, 0.29) is 11.4 Å². The zero-order chi connectivity index (χ0) is 18.4. The van der Waals surface area contributed by atoms with Crippen molar-refractivity contribution in [2.45, 2.75) is 24.4 Å². The van der Waals surface area contributed by atoms with Gasteiger partial charge in [0.15, 0.2) is 0 Å². The second-order valence-electron chi connectivity index (χ2n) is 5.33. The lowest BCUT2D eigenvalue weighted by Crippen LogP contribution is -2.44. The summed E-state index contributed by atoms with van der Waals surface area (Å²) >= 11 is 0. The van der Waals surface area contributed by atoms with Gasteiger partial charge in [-0.25, -0.2) is 12.8 Å². The fourth-order valence-electron chi connectivity index (χ4n) is 2.15. The van der Waals surface area contributed by atoms with Gasteiger partial charge < -0.3 is 10.1 Å². The van der Waals surface area contributed by atoms with E-state index in [2.05, 4.69) is 10.0 Å². The molecule has 2 aromatic carbocycles. The molecule has 25 heavy (non-hydrogen) atoms. The highest BCUT2D eigenvalue weighted by molar-refractivity contribution is 7.89. The van der Waals surface area contributed by atoms with Crippen molar-refractivity contribution in [1.82, 2.24) is 10.0 Å². The molecule has 0 aliphatic heterocycles. The highest BCUT2D eigenvalue weighted by Crippen LogP contribution is 2.16. The lowest BCUT2D eigenvalue weighted by molar-refractivity contribution is -0.122. The second-order valence-corrected chi connectivity index (χ2v) is 7.04. The molecule has 2 aromatic rings. The van der Waals surface area contributed by atoms with E-state index in [1.807, 2.05) is 12.1 Å². The largest absolute Gasteiger partial charge is 0.496 e. The molecule has 0 unspecified atom stereocenters. The lowest BCUT2D eigenvalue weighted by Gasteiger charge is -2.15. The predicted octanol–water partition coefficient (Wildman–Crippen LogP) is 1.82. The number of amides is 1. The molecule has 0 radical (unpaired) electrons. The van der Waals surface area contributed by atoms with Gasteiger partial charge in [-0.2, -0.15) is 4.72 Å². The molecule has 0 aromatic heterocycles. The Morgan fingerprint density at radius 3 is 2.44 bits per heavy atom. The number of ether oxygens (including phenoxy) is 1. The van der Waals surface area contributed by atoms with Crippen molar-refractivity contribution < 1.29 is 22.3 Å². The number of hydrogen-bond acceptors (Lipinski definition) is 4. The third-order valence-corrected chi connectivity index (χ3v) is 5.05. The Morgan fingerprint density at radius 2 is 1.80 bits per heavy atom. The van der Waals surface area contributed by atoms with E-state index >= 15 is 0 Å². The van der Waals surface area contributed by atoms with Crippen LogP contribution in [0.5, 0.6) is 5.75 Å². The van der Waals surface area contributed by atoms with Crippen LogP contribution in [0.4, 0.5) is 4.39 Å². The summed E-state index contributed by atoms with van der Waals surface area (Å²) in [5.41, 5.74) is 0.770. The molecule has 2 N–H and O–H groups in total. The summed E-state index contributed by atoms with van der Waals surface area (Å²) in [5.74, 6) is -0.402. The first-order valence-corrected chi connectivity index (χ1v) is 8.99. The van der Waals surface area contributed by atoms with Crippen molar-refractivity contribution in [2.24, 2.45) is 0 Å². The van der Waals surface area contributed by atoms with Gasteiger partial charge in [0.25, 0.3) is 0 Å². The SMILES string of the molecule is COc1ccccc1CNC(=O)[C@H](C)NS(=O)(=O)c1ccc(F)cc1. The molecule has 0 spiro atoms. The van der Waals surface area contributed by atoms with Crippen molar-refractivity contribution in [3.63, 3.8) is 0 Å². The summed E-state index contributed by atoms with van der Waals surface area (Å²) in [6, 6.07) is 10.5. The normalized spacial score (nSPS) is 12.4. The van der Waals surface area contributed by atoms with E-state index in [4.69, 9.17) is 4.74 Å². The van der Waals surface area contributed by atoms with Crippen molar-refractivity contribution in [3.05, 3.63) is 59.9 Å². The van der Waals surface area contributed by atoms with E-state index in [1.54, 1.807) is 12.1 Å². The van der Waals surface area contributed by atoms with Gasteiger partial charge in [-0.1, -0.05) is 18.2 Å². The topological polar surface area (TPSA) is 84.5 Å². The Morgan fingerprint density at radius 1 is 1.16 bits per heavy atom. The number of hydrogen-bond donors (Lipinski definition) is 2. The highest BCUT2D eigenvalue weighted by Gasteiger charge is 2.22. The van der Waals surface area contributed by atoms with Crippen LogP contribution in [0.15, 0.2) is 53.4 Å². The number of nitrogens with one attached hydrogen (secondary N) is 2. The Hall–Kier alpha value is -2.45. The van der Waals surface area contributed by atoms with Gasteiger partial charge in [0.2, 0.25) is 15.9 Å². The molecule has 8 heteroatoms. The van der Waals surface area contributed by atoms with E-state index in [1.165, 1.54) is 14.0 Å². The zero-order valence-electron chi connectivity index (χ0n) is 13.8. The van der Waals surface area contributed by atoms with Gasteiger partial charge >= 0.3 is 0 Å². The number of benzene rings is 2. The van der Waals surface area contributed by atoms with Gasteiger partial charge in [0.05, 0.1) is 18.0 Å². The average molecular weight is 366 g/mol. The van der Waals surface area contributed by atoms with Crippen molar-refractivity contribution in [1.29, 1.82) is 0 Å². The summed E-state index contributed by atoms with van der Waals surface area (Å²) in [7, 11) is -2.39. The van der Waals surface area contributed by atoms with Crippen molar-refractivity contribution in [2.75, 3.05) is 7.11 Å². The maximum Gasteiger partial charge on any atom is 0.241 e. The molecule has 0 fully saturated rings. The van der Waals surface area contributed by atoms with E-state index < -0.39 is 27.8 Å². The molecule has 0 saturated heterocycles. The number of rotatable bonds is 7. The lowest BCUT2D eigenvalue weighted by atomic mass is 10.2. The first-order valence-electron chi connectivity index (χ1n) is 7.51. The first-order chi connectivity index (χ1) is 11.8. The highest BCUT2D eigenvalue weighted by atomic mass is 32.2. The molecule has 0 aliphatic carbocycles. The third-order valence-electron chi connectivity index (χ3n) is 3.49. The minimum Gasteiger partial charge on any atom is -0.496 e. The quantitative estimate of drug-likeness (QED) is 0.783. The Labute approximate surface area is 146 Å². The van der Waals surface area contributed by atoms with Gasteiger partial charge in [0, 0.05) is 12.1 Å². The summed E-state index contributed by atoms with van der Waals surface area (Å²) < 4.78 is 44.8. The molecule has 1 atom stereocenters. The number of carbonyl (C=O) groups excluding carboxylic acids is 1. The van der Waals surface area contributed by atoms with Crippen LogP contribution in [0, 0.1) is 5.82 Å². The van der Waals surface area contributed by atoms with Crippen LogP contribution < -0.4 is 14.8 Å². The average Bonchev–Trinajstić information content (AvgIpc) is 2.59. The van der Waals surface area contributed by atoms with Gasteiger partial charge in [0.1, 0.15) is 11.6 Å². The zero-order valence-corrected chi connectivity index (χ0v) is 14.6. The van der Waals surface area contributed by atoms with Gasteiger partial charge in [-0.15, -0.1) is 0 Å². The monoisotopic (exact) mass is 366 g/mol. The van der Waals surface area contributed by atoms with Crippen LogP contribution in [-0.4, -0.2) is 27.5 Å². The molecule has 0 aliphatic rings. The molecule has 2 rings (SSSR count). The first kappa shape index (κ1) is 18.9. The van der Waals surface area contributed by atoms with E-state index in [0.29, 0.717) is 5.75 Å². The molecule has 0 saturated carbocycles. The van der Waals surface area contributed by atoms with Crippen LogP contribution in [0.1, 0.15) is 12.5 Å². The predicted molar refractivity (Wildman–Crippen MR) is 91.0 cm³/mol. The molecule has 0 bridgehead atoms. The Bertz CT molecular complexity index is 838. The molecular weight excluding hydrogens is 347 g/mol. The Balaban J connectivity index is 1.99. The summed E-state index contributed by atoms with van der Waals surface area (Å²) in [4.78, 5) is 12.0. The number of methoxy groups -OCH3 is 1. The third kappa shape index (κ3) is 5.01. The fourth-order valence-corrected chi connectivity index (χ4v) is 3.36. The van der Waals surface area contributed by atoms with E-state index in [0.717, 1.165) is 29.8 Å².